The standard InChI is InChI=1S/C24H27NO2S/c1-5-21(20-9-6-16(2)7-10-20)25-24(26)23-13-19(15-28-23)14-27-22-11-8-17(3)12-18(22)4/h6-13,15,21H,5,14H2,1-4H3,(H,25,26). The Balaban J connectivity index is 1.62. The van der Waals surface area contributed by atoms with Gasteiger partial charge in [0.05, 0.1) is 10.9 Å². The molecule has 2 aromatic carbocycles. The van der Waals surface area contributed by atoms with Crippen molar-refractivity contribution in [2.75, 3.05) is 0 Å². The third-order valence-electron chi connectivity index (χ3n) is 4.80. The lowest BCUT2D eigenvalue weighted by molar-refractivity contribution is 0.0939. The van der Waals surface area contributed by atoms with Gasteiger partial charge >= 0.3 is 0 Å². The maximum absolute atomic E-state index is 12.7. The molecule has 28 heavy (non-hydrogen) atoms. The Morgan fingerprint density at radius 2 is 1.75 bits per heavy atom. The molecule has 146 valence electrons. The SMILES string of the molecule is CCC(NC(=O)c1cc(COc2ccc(C)cc2C)cs1)c1ccc(C)cc1. The molecular weight excluding hydrogens is 366 g/mol. The van der Waals surface area contributed by atoms with Gasteiger partial charge in [-0.3, -0.25) is 4.79 Å². The minimum absolute atomic E-state index is 0.0186. The third-order valence-corrected chi connectivity index (χ3v) is 5.77. The van der Waals surface area contributed by atoms with Crippen LogP contribution in [0, 0.1) is 20.8 Å². The molecule has 1 amide bonds. The fraction of sp³-hybridized carbons (Fsp3) is 0.292. The van der Waals surface area contributed by atoms with E-state index in [1.54, 1.807) is 0 Å². The molecule has 1 N–H and O–H groups in total. The fourth-order valence-corrected chi connectivity index (χ4v) is 3.94. The van der Waals surface area contributed by atoms with Crippen LogP contribution in [0.3, 0.4) is 0 Å². The van der Waals surface area contributed by atoms with Crippen molar-refractivity contribution in [2.24, 2.45) is 0 Å². The van der Waals surface area contributed by atoms with Crippen molar-refractivity contribution in [3.63, 3.8) is 0 Å². The first-order valence-corrected chi connectivity index (χ1v) is 10.5. The summed E-state index contributed by atoms with van der Waals surface area (Å²) in [5.74, 6) is 0.850. The lowest BCUT2D eigenvalue weighted by Gasteiger charge is -2.17. The molecule has 1 unspecified atom stereocenters. The normalized spacial score (nSPS) is 11.9. The van der Waals surface area contributed by atoms with Crippen molar-refractivity contribution in [1.29, 1.82) is 0 Å². The number of rotatable bonds is 7. The molecule has 3 aromatic rings. The summed E-state index contributed by atoms with van der Waals surface area (Å²) in [7, 11) is 0. The second kappa shape index (κ2) is 9.07. The number of thiophene rings is 1. The highest BCUT2D eigenvalue weighted by molar-refractivity contribution is 7.12. The van der Waals surface area contributed by atoms with Gasteiger partial charge in [-0.1, -0.05) is 54.4 Å². The Hall–Kier alpha value is -2.59. The molecule has 1 aromatic heterocycles. The predicted molar refractivity (Wildman–Crippen MR) is 116 cm³/mol. The van der Waals surface area contributed by atoms with E-state index in [1.165, 1.54) is 22.5 Å². The van der Waals surface area contributed by atoms with Gasteiger partial charge < -0.3 is 10.1 Å². The Kier molecular flexibility index (Phi) is 6.53. The number of hydrogen-bond donors (Lipinski definition) is 1. The molecule has 0 spiro atoms. The van der Waals surface area contributed by atoms with Crippen molar-refractivity contribution in [3.8, 4) is 5.75 Å². The summed E-state index contributed by atoms with van der Waals surface area (Å²) >= 11 is 1.46. The predicted octanol–water partition coefficient (Wildman–Crippen LogP) is 6.13. The Labute approximate surface area is 171 Å². The van der Waals surface area contributed by atoms with Gasteiger partial charge in [0.2, 0.25) is 0 Å². The molecule has 0 aliphatic carbocycles. The number of amides is 1. The van der Waals surface area contributed by atoms with E-state index in [0.717, 1.165) is 28.9 Å². The zero-order chi connectivity index (χ0) is 20.1. The lowest BCUT2D eigenvalue weighted by atomic mass is 10.0. The maximum Gasteiger partial charge on any atom is 0.261 e. The average Bonchev–Trinajstić information content (AvgIpc) is 3.15. The molecule has 0 saturated heterocycles. The van der Waals surface area contributed by atoms with Crippen molar-refractivity contribution >= 4 is 17.2 Å². The molecular formula is C24H27NO2S. The van der Waals surface area contributed by atoms with Gasteiger partial charge in [-0.25, -0.2) is 0 Å². The highest BCUT2D eigenvalue weighted by atomic mass is 32.1. The summed E-state index contributed by atoms with van der Waals surface area (Å²) < 4.78 is 5.93. The number of aryl methyl sites for hydroxylation is 3. The van der Waals surface area contributed by atoms with Crippen LogP contribution in [0.15, 0.2) is 53.9 Å². The van der Waals surface area contributed by atoms with Crippen molar-refractivity contribution in [3.05, 3.63) is 86.6 Å². The third kappa shape index (κ3) is 5.02. The highest BCUT2D eigenvalue weighted by Crippen LogP contribution is 2.23. The van der Waals surface area contributed by atoms with Gasteiger partial charge in [0.25, 0.3) is 5.91 Å². The summed E-state index contributed by atoms with van der Waals surface area (Å²) in [5.41, 5.74) is 5.71. The van der Waals surface area contributed by atoms with E-state index in [-0.39, 0.29) is 11.9 Å². The van der Waals surface area contributed by atoms with Crippen LogP contribution in [0.2, 0.25) is 0 Å². The minimum atomic E-state index is -0.0322. The van der Waals surface area contributed by atoms with E-state index in [2.05, 4.69) is 56.4 Å². The Bertz CT molecular complexity index is 943. The van der Waals surface area contributed by atoms with Crippen LogP contribution < -0.4 is 10.1 Å². The molecule has 0 saturated carbocycles. The van der Waals surface area contributed by atoms with E-state index < -0.39 is 0 Å². The van der Waals surface area contributed by atoms with E-state index in [4.69, 9.17) is 4.74 Å². The zero-order valence-electron chi connectivity index (χ0n) is 16.9. The topological polar surface area (TPSA) is 38.3 Å². The molecule has 1 heterocycles. The quantitative estimate of drug-likeness (QED) is 0.524. The molecule has 0 fully saturated rings. The monoisotopic (exact) mass is 393 g/mol. The largest absolute Gasteiger partial charge is 0.489 e. The van der Waals surface area contributed by atoms with Crippen LogP contribution in [-0.4, -0.2) is 5.91 Å². The Morgan fingerprint density at radius 1 is 1.04 bits per heavy atom. The van der Waals surface area contributed by atoms with E-state index in [0.29, 0.717) is 11.5 Å². The number of carbonyl (C=O) groups is 1. The summed E-state index contributed by atoms with van der Waals surface area (Å²) in [5, 5.41) is 5.14. The molecule has 0 radical (unpaired) electrons. The van der Waals surface area contributed by atoms with Crippen LogP contribution in [0.5, 0.6) is 5.75 Å². The van der Waals surface area contributed by atoms with Crippen molar-refractivity contribution in [1.82, 2.24) is 5.32 Å². The number of hydrogen-bond acceptors (Lipinski definition) is 3. The smallest absolute Gasteiger partial charge is 0.261 e. The molecule has 0 bridgehead atoms. The molecule has 1 atom stereocenters. The van der Waals surface area contributed by atoms with Gasteiger partial charge in [-0.05, 0) is 55.8 Å². The molecule has 3 rings (SSSR count). The number of benzene rings is 2. The first kappa shape index (κ1) is 20.2. The average molecular weight is 394 g/mol. The minimum Gasteiger partial charge on any atom is -0.489 e. The van der Waals surface area contributed by atoms with Gasteiger partial charge in [0.1, 0.15) is 12.4 Å². The Morgan fingerprint density at radius 3 is 2.43 bits per heavy atom. The van der Waals surface area contributed by atoms with Crippen LogP contribution >= 0.6 is 11.3 Å². The van der Waals surface area contributed by atoms with Gasteiger partial charge in [0, 0.05) is 5.56 Å². The summed E-state index contributed by atoms with van der Waals surface area (Å²) in [4.78, 5) is 13.4. The highest BCUT2D eigenvalue weighted by Gasteiger charge is 2.16. The first-order chi connectivity index (χ1) is 13.5. The summed E-state index contributed by atoms with van der Waals surface area (Å²) in [6.07, 6.45) is 0.850. The van der Waals surface area contributed by atoms with Crippen molar-refractivity contribution in [2.45, 2.75) is 46.8 Å². The summed E-state index contributed by atoms with van der Waals surface area (Å²) in [6.45, 7) is 8.73. The number of ether oxygens (including phenoxy) is 1. The van der Waals surface area contributed by atoms with Gasteiger partial charge in [-0.2, -0.15) is 0 Å². The second-order valence-corrected chi connectivity index (χ2v) is 8.13. The van der Waals surface area contributed by atoms with Crippen LogP contribution in [-0.2, 0) is 6.61 Å². The summed E-state index contributed by atoms with van der Waals surface area (Å²) in [6, 6.07) is 16.4. The first-order valence-electron chi connectivity index (χ1n) is 9.61. The zero-order valence-corrected chi connectivity index (χ0v) is 17.7. The van der Waals surface area contributed by atoms with Gasteiger partial charge in [0.15, 0.2) is 0 Å². The number of carbonyl (C=O) groups excluding carboxylic acids is 1. The van der Waals surface area contributed by atoms with Crippen LogP contribution in [0.4, 0.5) is 0 Å². The van der Waals surface area contributed by atoms with Crippen molar-refractivity contribution < 1.29 is 9.53 Å². The van der Waals surface area contributed by atoms with Crippen LogP contribution in [0.25, 0.3) is 0 Å². The lowest BCUT2D eigenvalue weighted by Crippen LogP contribution is -2.27. The van der Waals surface area contributed by atoms with Crippen LogP contribution in [0.1, 0.15) is 56.9 Å². The van der Waals surface area contributed by atoms with E-state index in [9.17, 15) is 4.79 Å². The molecule has 3 nitrogen and oxygen atoms in total. The second-order valence-electron chi connectivity index (χ2n) is 7.22. The molecule has 0 aliphatic heterocycles. The fourth-order valence-electron chi connectivity index (χ4n) is 3.14. The molecule has 4 heteroatoms. The maximum atomic E-state index is 12.7. The van der Waals surface area contributed by atoms with E-state index >= 15 is 0 Å². The number of nitrogens with one attached hydrogen (secondary N) is 1. The van der Waals surface area contributed by atoms with Gasteiger partial charge in [-0.15, -0.1) is 11.3 Å². The van der Waals surface area contributed by atoms with E-state index in [1.807, 2.05) is 30.5 Å². The molecule has 0 aliphatic rings.